The van der Waals surface area contributed by atoms with Gasteiger partial charge in [-0.05, 0) is 32.0 Å². The molecule has 2 aromatic rings. The van der Waals surface area contributed by atoms with Gasteiger partial charge in [0.15, 0.2) is 0 Å². The van der Waals surface area contributed by atoms with Gasteiger partial charge in [0.1, 0.15) is 0 Å². The van der Waals surface area contributed by atoms with E-state index in [4.69, 9.17) is 4.74 Å². The number of nitrogens with one attached hydrogen (secondary N) is 1. The molecule has 0 aliphatic carbocycles. The van der Waals surface area contributed by atoms with E-state index < -0.39 is 0 Å². The van der Waals surface area contributed by atoms with Gasteiger partial charge in [-0.2, -0.15) is 0 Å². The van der Waals surface area contributed by atoms with E-state index >= 15 is 0 Å². The molecule has 1 aromatic carbocycles. The molecule has 20 heavy (non-hydrogen) atoms. The molecule has 0 bridgehead atoms. The fraction of sp³-hybridized carbons (Fsp3) is 0.438. The second kappa shape index (κ2) is 5.67. The number of ether oxygens (including phenoxy) is 1. The molecule has 0 radical (unpaired) electrons. The molecule has 3 rings (SSSR count). The molecule has 1 saturated heterocycles. The van der Waals surface area contributed by atoms with E-state index in [0.717, 1.165) is 37.4 Å². The smallest absolute Gasteiger partial charge is 0.221 e. The van der Waals surface area contributed by atoms with Gasteiger partial charge in [0.05, 0.1) is 6.10 Å². The first-order chi connectivity index (χ1) is 9.75. The lowest BCUT2D eigenvalue weighted by Crippen LogP contribution is -2.43. The molecule has 0 saturated carbocycles. The molecule has 1 fully saturated rings. The van der Waals surface area contributed by atoms with Crippen LogP contribution in [0.4, 0.5) is 5.69 Å². The highest BCUT2D eigenvalue weighted by molar-refractivity contribution is 5.97. The fourth-order valence-corrected chi connectivity index (χ4v) is 2.66. The Hall–Kier alpha value is -1.81. The van der Waals surface area contributed by atoms with E-state index in [1.165, 1.54) is 11.1 Å². The van der Waals surface area contributed by atoms with Crippen molar-refractivity contribution in [3.05, 3.63) is 30.5 Å². The zero-order valence-electron chi connectivity index (χ0n) is 12.1. The molecule has 2 heterocycles. The van der Waals surface area contributed by atoms with Gasteiger partial charge in [0.25, 0.3) is 0 Å². The lowest BCUT2D eigenvalue weighted by Gasteiger charge is -2.30. The Bertz CT molecular complexity index is 591. The number of benzene rings is 1. The minimum Gasteiger partial charge on any atom is -0.475 e. The molecule has 4 heteroatoms. The van der Waals surface area contributed by atoms with Crippen molar-refractivity contribution in [3.8, 4) is 5.88 Å². The number of anilines is 1. The summed E-state index contributed by atoms with van der Waals surface area (Å²) < 4.78 is 5.83. The molecule has 1 aliphatic rings. The third kappa shape index (κ3) is 2.56. The van der Waals surface area contributed by atoms with Gasteiger partial charge >= 0.3 is 0 Å². The van der Waals surface area contributed by atoms with Crippen LogP contribution >= 0.6 is 0 Å². The lowest BCUT2D eigenvalue weighted by molar-refractivity contribution is 0.236. The third-order valence-electron chi connectivity index (χ3n) is 3.55. The van der Waals surface area contributed by atoms with Crippen molar-refractivity contribution in [3.63, 3.8) is 0 Å². The van der Waals surface area contributed by atoms with Crippen molar-refractivity contribution in [2.45, 2.75) is 20.0 Å². The maximum absolute atomic E-state index is 5.83. The van der Waals surface area contributed by atoms with Gasteiger partial charge in [-0.25, -0.2) is 4.98 Å². The van der Waals surface area contributed by atoms with Crippen LogP contribution in [0, 0.1) is 0 Å². The zero-order valence-corrected chi connectivity index (χ0v) is 12.1. The first-order valence-corrected chi connectivity index (χ1v) is 7.26. The molecule has 4 nitrogen and oxygen atoms in total. The number of piperazine rings is 1. The highest BCUT2D eigenvalue weighted by Crippen LogP contribution is 2.31. The number of rotatable bonds is 3. The average Bonchev–Trinajstić information content (AvgIpc) is 2.47. The molecule has 0 atom stereocenters. The summed E-state index contributed by atoms with van der Waals surface area (Å²) in [6.07, 6.45) is 1.97. The van der Waals surface area contributed by atoms with Crippen LogP contribution in [0.2, 0.25) is 0 Å². The van der Waals surface area contributed by atoms with Crippen LogP contribution < -0.4 is 15.0 Å². The summed E-state index contributed by atoms with van der Waals surface area (Å²) in [5.41, 5.74) is 1.28. The summed E-state index contributed by atoms with van der Waals surface area (Å²) in [4.78, 5) is 6.81. The maximum atomic E-state index is 5.83. The SMILES string of the molecule is CC(C)Oc1nccc2c(N3CCNCC3)cccc12. The normalized spacial score (nSPS) is 15.8. The van der Waals surface area contributed by atoms with Crippen LogP contribution in [0.1, 0.15) is 13.8 Å². The Kier molecular flexibility index (Phi) is 3.74. The van der Waals surface area contributed by atoms with Crippen LogP contribution in [-0.4, -0.2) is 37.3 Å². The molecule has 1 aliphatic heterocycles. The summed E-state index contributed by atoms with van der Waals surface area (Å²) in [5, 5.41) is 5.71. The van der Waals surface area contributed by atoms with Crippen molar-refractivity contribution in [1.29, 1.82) is 0 Å². The lowest BCUT2D eigenvalue weighted by atomic mass is 10.1. The largest absolute Gasteiger partial charge is 0.475 e. The van der Waals surface area contributed by atoms with E-state index in [1.54, 1.807) is 0 Å². The van der Waals surface area contributed by atoms with E-state index in [9.17, 15) is 0 Å². The Morgan fingerprint density at radius 2 is 1.95 bits per heavy atom. The van der Waals surface area contributed by atoms with Gasteiger partial charge in [-0.1, -0.05) is 6.07 Å². The van der Waals surface area contributed by atoms with Gasteiger partial charge in [-0.3, -0.25) is 0 Å². The van der Waals surface area contributed by atoms with E-state index in [1.807, 2.05) is 20.0 Å². The van der Waals surface area contributed by atoms with Gasteiger partial charge in [0.2, 0.25) is 5.88 Å². The first-order valence-electron chi connectivity index (χ1n) is 7.26. The summed E-state index contributed by atoms with van der Waals surface area (Å²) in [5.74, 6) is 0.731. The summed E-state index contributed by atoms with van der Waals surface area (Å²) in [6.45, 7) is 8.22. The molecule has 0 amide bonds. The molecule has 106 valence electrons. The summed E-state index contributed by atoms with van der Waals surface area (Å²) in [6, 6.07) is 8.45. The quantitative estimate of drug-likeness (QED) is 0.930. The van der Waals surface area contributed by atoms with Crippen LogP contribution in [0.5, 0.6) is 5.88 Å². The Labute approximate surface area is 119 Å². The number of nitrogens with zero attached hydrogens (tertiary/aromatic N) is 2. The second-order valence-electron chi connectivity index (χ2n) is 5.39. The topological polar surface area (TPSA) is 37.4 Å². The molecular weight excluding hydrogens is 250 g/mol. The van der Waals surface area contributed by atoms with Crippen molar-refractivity contribution in [1.82, 2.24) is 10.3 Å². The predicted molar refractivity (Wildman–Crippen MR) is 82.6 cm³/mol. The fourth-order valence-electron chi connectivity index (χ4n) is 2.66. The minimum absolute atomic E-state index is 0.135. The van der Waals surface area contributed by atoms with Crippen LogP contribution in [0.15, 0.2) is 30.5 Å². The second-order valence-corrected chi connectivity index (χ2v) is 5.39. The number of hydrogen-bond donors (Lipinski definition) is 1. The molecule has 1 aromatic heterocycles. The highest BCUT2D eigenvalue weighted by Gasteiger charge is 2.15. The van der Waals surface area contributed by atoms with Crippen LogP contribution in [0.25, 0.3) is 10.8 Å². The van der Waals surface area contributed by atoms with Gasteiger partial charge in [-0.15, -0.1) is 0 Å². The van der Waals surface area contributed by atoms with Crippen LogP contribution in [0.3, 0.4) is 0 Å². The highest BCUT2D eigenvalue weighted by atomic mass is 16.5. The molecule has 1 N–H and O–H groups in total. The van der Waals surface area contributed by atoms with Crippen molar-refractivity contribution < 1.29 is 4.74 Å². The zero-order chi connectivity index (χ0) is 13.9. The number of hydrogen-bond acceptors (Lipinski definition) is 4. The Morgan fingerprint density at radius 3 is 2.70 bits per heavy atom. The van der Waals surface area contributed by atoms with Crippen molar-refractivity contribution >= 4 is 16.5 Å². The van der Waals surface area contributed by atoms with E-state index in [0.29, 0.717) is 0 Å². The summed E-state index contributed by atoms with van der Waals surface area (Å²) in [7, 11) is 0. The first kappa shape index (κ1) is 13.2. The number of fused-ring (bicyclic) bond motifs is 1. The Morgan fingerprint density at radius 1 is 1.15 bits per heavy atom. The molecule has 0 spiro atoms. The van der Waals surface area contributed by atoms with Crippen LogP contribution in [-0.2, 0) is 0 Å². The monoisotopic (exact) mass is 271 g/mol. The van der Waals surface area contributed by atoms with E-state index in [2.05, 4.69) is 39.5 Å². The molecule has 0 unspecified atom stereocenters. The predicted octanol–water partition coefficient (Wildman–Crippen LogP) is 2.43. The standard InChI is InChI=1S/C16H21N3O/c1-12(2)20-16-14-4-3-5-15(13(14)6-7-18-16)19-10-8-17-9-11-19/h3-7,12,17H,8-11H2,1-2H3. The number of aromatic nitrogens is 1. The van der Waals surface area contributed by atoms with Gasteiger partial charge < -0.3 is 15.0 Å². The Balaban J connectivity index is 2.05. The van der Waals surface area contributed by atoms with Crippen molar-refractivity contribution in [2.75, 3.05) is 31.1 Å². The van der Waals surface area contributed by atoms with Gasteiger partial charge in [0, 0.05) is 48.8 Å². The molecular formula is C16H21N3O. The van der Waals surface area contributed by atoms with E-state index in [-0.39, 0.29) is 6.10 Å². The summed E-state index contributed by atoms with van der Waals surface area (Å²) >= 11 is 0. The van der Waals surface area contributed by atoms with Crippen molar-refractivity contribution in [2.24, 2.45) is 0 Å². The average molecular weight is 271 g/mol. The third-order valence-corrected chi connectivity index (χ3v) is 3.55. The minimum atomic E-state index is 0.135. The number of pyridine rings is 1. The maximum Gasteiger partial charge on any atom is 0.221 e.